The van der Waals surface area contributed by atoms with E-state index in [0.717, 1.165) is 11.3 Å². The summed E-state index contributed by atoms with van der Waals surface area (Å²) in [7, 11) is 0. The van der Waals surface area contributed by atoms with E-state index in [0.29, 0.717) is 12.2 Å². The highest BCUT2D eigenvalue weighted by atomic mass is 16.3. The predicted octanol–water partition coefficient (Wildman–Crippen LogP) is 2.57. The highest BCUT2D eigenvalue weighted by Gasteiger charge is 2.15. The van der Waals surface area contributed by atoms with E-state index >= 15 is 0 Å². The third-order valence-electron chi connectivity index (χ3n) is 2.91. The molecule has 0 bridgehead atoms. The second kappa shape index (κ2) is 6.11. The first-order valence-corrected chi connectivity index (χ1v) is 6.76. The molecule has 0 aliphatic rings. The summed E-state index contributed by atoms with van der Waals surface area (Å²) in [6.45, 7) is 6.69. The first-order chi connectivity index (χ1) is 9.46. The van der Waals surface area contributed by atoms with Gasteiger partial charge in [-0.15, -0.1) is 0 Å². The van der Waals surface area contributed by atoms with E-state index in [1.54, 1.807) is 12.4 Å². The van der Waals surface area contributed by atoms with Crippen LogP contribution < -0.4 is 5.32 Å². The second-order valence-electron chi connectivity index (χ2n) is 5.83. The van der Waals surface area contributed by atoms with E-state index in [1.165, 1.54) is 0 Å². The molecular formula is C16H21N3O. The lowest BCUT2D eigenvalue weighted by Crippen LogP contribution is -2.38. The molecule has 106 valence electrons. The van der Waals surface area contributed by atoms with E-state index in [4.69, 9.17) is 0 Å². The van der Waals surface area contributed by atoms with Crippen LogP contribution in [0.3, 0.4) is 0 Å². The molecule has 2 heterocycles. The Bertz CT molecular complexity index is 549. The van der Waals surface area contributed by atoms with Crippen molar-refractivity contribution in [2.45, 2.75) is 32.4 Å². The summed E-state index contributed by atoms with van der Waals surface area (Å²) in [5.74, 6) is 0. The zero-order chi connectivity index (χ0) is 14.6. The minimum Gasteiger partial charge on any atom is -0.385 e. The van der Waals surface area contributed by atoms with Gasteiger partial charge in [-0.1, -0.05) is 6.07 Å². The summed E-state index contributed by atoms with van der Waals surface area (Å²) in [5.41, 5.74) is 2.50. The molecule has 0 aromatic carbocycles. The quantitative estimate of drug-likeness (QED) is 0.897. The molecule has 0 radical (unpaired) electrons. The fraction of sp³-hybridized carbons (Fsp3) is 0.375. The Morgan fingerprint density at radius 3 is 2.50 bits per heavy atom. The molecule has 1 atom stereocenters. The van der Waals surface area contributed by atoms with Crippen molar-refractivity contribution in [3.05, 3.63) is 48.4 Å². The molecule has 0 fully saturated rings. The Kier molecular flexibility index (Phi) is 4.47. The summed E-state index contributed by atoms with van der Waals surface area (Å²) < 4.78 is 0. The van der Waals surface area contributed by atoms with Crippen molar-refractivity contribution in [2.24, 2.45) is 0 Å². The Labute approximate surface area is 119 Å². The maximum absolute atomic E-state index is 10.2. The fourth-order valence-electron chi connectivity index (χ4n) is 1.83. The average molecular weight is 271 g/mol. The van der Waals surface area contributed by atoms with E-state index < -0.39 is 6.10 Å². The van der Waals surface area contributed by atoms with Gasteiger partial charge in [0.25, 0.3) is 0 Å². The SMILES string of the molecule is CC(C)(C)NC[C@@H](O)c1cccc(-c2ccncc2)n1. The molecule has 2 aromatic heterocycles. The van der Waals surface area contributed by atoms with Crippen LogP contribution in [-0.2, 0) is 0 Å². The average Bonchev–Trinajstić information content (AvgIpc) is 2.45. The van der Waals surface area contributed by atoms with Gasteiger partial charge in [0.2, 0.25) is 0 Å². The van der Waals surface area contributed by atoms with Crippen molar-refractivity contribution in [3.63, 3.8) is 0 Å². The summed E-state index contributed by atoms with van der Waals surface area (Å²) in [6, 6.07) is 9.51. The van der Waals surface area contributed by atoms with Crippen LogP contribution in [0, 0.1) is 0 Å². The van der Waals surface area contributed by atoms with Crippen LogP contribution >= 0.6 is 0 Å². The molecule has 0 aliphatic carbocycles. The molecule has 0 saturated carbocycles. The standard InChI is InChI=1S/C16H21N3O/c1-16(2,3)18-11-15(20)14-6-4-5-13(19-14)12-7-9-17-10-8-12/h4-10,15,18,20H,11H2,1-3H3/t15-/m1/s1. The first kappa shape index (κ1) is 14.6. The number of pyridine rings is 2. The Morgan fingerprint density at radius 1 is 1.15 bits per heavy atom. The van der Waals surface area contributed by atoms with Gasteiger partial charge in [-0.05, 0) is 45.0 Å². The molecule has 0 unspecified atom stereocenters. The van der Waals surface area contributed by atoms with Crippen LogP contribution in [-0.4, -0.2) is 27.2 Å². The number of hydrogen-bond acceptors (Lipinski definition) is 4. The lowest BCUT2D eigenvalue weighted by molar-refractivity contribution is 0.159. The smallest absolute Gasteiger partial charge is 0.108 e. The number of aliphatic hydroxyl groups excluding tert-OH is 1. The van der Waals surface area contributed by atoms with Gasteiger partial charge in [0.05, 0.1) is 11.4 Å². The normalized spacial score (nSPS) is 13.2. The molecular weight excluding hydrogens is 250 g/mol. The molecule has 2 rings (SSSR count). The van der Waals surface area contributed by atoms with Crippen LogP contribution in [0.5, 0.6) is 0 Å². The van der Waals surface area contributed by atoms with Gasteiger partial charge in [0.1, 0.15) is 6.10 Å². The monoisotopic (exact) mass is 271 g/mol. The van der Waals surface area contributed by atoms with E-state index in [2.05, 4.69) is 36.1 Å². The van der Waals surface area contributed by atoms with Crippen molar-refractivity contribution in [3.8, 4) is 11.3 Å². The van der Waals surface area contributed by atoms with Crippen molar-refractivity contribution in [1.29, 1.82) is 0 Å². The van der Waals surface area contributed by atoms with E-state index in [1.807, 2.05) is 30.3 Å². The second-order valence-corrected chi connectivity index (χ2v) is 5.83. The van der Waals surface area contributed by atoms with Crippen molar-refractivity contribution >= 4 is 0 Å². The molecule has 4 heteroatoms. The number of nitrogens with one attached hydrogen (secondary N) is 1. The van der Waals surface area contributed by atoms with Gasteiger partial charge in [0, 0.05) is 30.0 Å². The van der Waals surface area contributed by atoms with E-state index in [9.17, 15) is 5.11 Å². The predicted molar refractivity (Wildman–Crippen MR) is 80.2 cm³/mol. The van der Waals surface area contributed by atoms with Gasteiger partial charge in [0.15, 0.2) is 0 Å². The lowest BCUT2D eigenvalue weighted by atomic mass is 10.1. The minimum absolute atomic E-state index is 0.0241. The minimum atomic E-state index is -0.615. The zero-order valence-electron chi connectivity index (χ0n) is 12.2. The fourth-order valence-corrected chi connectivity index (χ4v) is 1.83. The largest absolute Gasteiger partial charge is 0.385 e. The summed E-state index contributed by atoms with van der Waals surface area (Å²) in [6.07, 6.45) is 2.86. The molecule has 2 aromatic rings. The molecule has 0 spiro atoms. The maximum atomic E-state index is 10.2. The Hall–Kier alpha value is -1.78. The topological polar surface area (TPSA) is 58.0 Å². The van der Waals surface area contributed by atoms with E-state index in [-0.39, 0.29) is 5.54 Å². The number of aromatic nitrogens is 2. The van der Waals surface area contributed by atoms with Crippen LogP contribution in [0.4, 0.5) is 0 Å². The summed E-state index contributed by atoms with van der Waals surface area (Å²) in [5, 5.41) is 13.5. The molecule has 20 heavy (non-hydrogen) atoms. The lowest BCUT2D eigenvalue weighted by Gasteiger charge is -2.22. The zero-order valence-corrected chi connectivity index (χ0v) is 12.2. The third-order valence-corrected chi connectivity index (χ3v) is 2.91. The molecule has 0 aliphatic heterocycles. The number of aliphatic hydroxyl groups is 1. The number of rotatable bonds is 4. The molecule has 4 nitrogen and oxygen atoms in total. The number of hydrogen-bond donors (Lipinski definition) is 2. The van der Waals surface area contributed by atoms with Crippen LogP contribution in [0.1, 0.15) is 32.6 Å². The van der Waals surface area contributed by atoms with Crippen LogP contribution in [0.15, 0.2) is 42.7 Å². The molecule has 0 amide bonds. The Morgan fingerprint density at radius 2 is 1.85 bits per heavy atom. The Balaban J connectivity index is 2.14. The molecule has 0 saturated heterocycles. The van der Waals surface area contributed by atoms with Gasteiger partial charge in [-0.2, -0.15) is 0 Å². The highest BCUT2D eigenvalue weighted by molar-refractivity contribution is 5.58. The highest BCUT2D eigenvalue weighted by Crippen LogP contribution is 2.18. The van der Waals surface area contributed by atoms with Crippen LogP contribution in [0.2, 0.25) is 0 Å². The summed E-state index contributed by atoms with van der Waals surface area (Å²) in [4.78, 5) is 8.52. The van der Waals surface area contributed by atoms with Gasteiger partial charge in [-0.25, -0.2) is 0 Å². The molecule has 2 N–H and O–H groups in total. The van der Waals surface area contributed by atoms with Crippen molar-refractivity contribution in [1.82, 2.24) is 15.3 Å². The third kappa shape index (κ3) is 4.11. The number of β-amino-alcohol motifs (C(OH)–C–C–N with tert-alkyl or cyclic N) is 1. The first-order valence-electron chi connectivity index (χ1n) is 6.76. The number of nitrogens with zero attached hydrogens (tertiary/aromatic N) is 2. The van der Waals surface area contributed by atoms with Gasteiger partial charge < -0.3 is 10.4 Å². The van der Waals surface area contributed by atoms with Crippen LogP contribution in [0.25, 0.3) is 11.3 Å². The van der Waals surface area contributed by atoms with Crippen molar-refractivity contribution in [2.75, 3.05) is 6.54 Å². The summed E-state index contributed by atoms with van der Waals surface area (Å²) >= 11 is 0. The maximum Gasteiger partial charge on any atom is 0.108 e. The van der Waals surface area contributed by atoms with Gasteiger partial charge >= 0.3 is 0 Å². The van der Waals surface area contributed by atoms with Crippen molar-refractivity contribution < 1.29 is 5.11 Å². The van der Waals surface area contributed by atoms with Gasteiger partial charge in [-0.3, -0.25) is 9.97 Å².